The van der Waals surface area contributed by atoms with E-state index in [1.807, 2.05) is 30.4 Å². The van der Waals surface area contributed by atoms with Crippen molar-refractivity contribution in [1.29, 1.82) is 5.26 Å². The van der Waals surface area contributed by atoms with E-state index in [2.05, 4.69) is 23.2 Å². The van der Waals surface area contributed by atoms with Gasteiger partial charge in [-0.05, 0) is 42.9 Å². The molecule has 0 radical (unpaired) electrons. The molecule has 0 bridgehead atoms. The average Bonchev–Trinajstić information content (AvgIpc) is 2.90. The summed E-state index contributed by atoms with van der Waals surface area (Å²) >= 11 is 1.68. The van der Waals surface area contributed by atoms with Crippen molar-refractivity contribution in [3.8, 4) is 6.07 Å². The Balaban J connectivity index is 1.79. The van der Waals surface area contributed by atoms with Crippen LogP contribution in [0.1, 0.15) is 34.4 Å². The smallest absolute Gasteiger partial charge is 0.134 e. The number of benzene rings is 1. The Labute approximate surface area is 129 Å². The van der Waals surface area contributed by atoms with E-state index in [9.17, 15) is 5.26 Å². The number of hydrogen-bond acceptors (Lipinski definition) is 3. The fourth-order valence-corrected chi connectivity index (χ4v) is 3.78. The van der Waals surface area contributed by atoms with E-state index in [1.54, 1.807) is 17.6 Å². The fourth-order valence-electron chi connectivity index (χ4n) is 2.59. The van der Waals surface area contributed by atoms with Crippen LogP contribution in [-0.2, 0) is 12.8 Å². The lowest BCUT2D eigenvalue weighted by atomic mass is 9.96. The van der Waals surface area contributed by atoms with Crippen molar-refractivity contribution in [3.05, 3.63) is 58.0 Å². The van der Waals surface area contributed by atoms with E-state index in [0.717, 1.165) is 29.0 Å². The molecule has 0 saturated carbocycles. The molecule has 104 valence electrons. The Hall–Kier alpha value is -2.18. The van der Waals surface area contributed by atoms with E-state index in [-0.39, 0.29) is 0 Å². The Kier molecular flexibility index (Phi) is 4.28. The number of allylic oxidation sites excluding steroid dienone is 1. The highest BCUT2D eigenvalue weighted by molar-refractivity contribution is 7.16. The zero-order valence-electron chi connectivity index (χ0n) is 11.7. The molecule has 3 heteroatoms. The zero-order chi connectivity index (χ0) is 14.5. The summed E-state index contributed by atoms with van der Waals surface area (Å²) in [5.41, 5.74) is 3.18. The molecule has 21 heavy (non-hydrogen) atoms. The third-order valence-electron chi connectivity index (χ3n) is 3.63. The van der Waals surface area contributed by atoms with Gasteiger partial charge in [0, 0.05) is 11.1 Å². The molecule has 1 aromatic carbocycles. The van der Waals surface area contributed by atoms with Crippen LogP contribution in [-0.4, -0.2) is 6.21 Å². The van der Waals surface area contributed by atoms with Gasteiger partial charge in [-0.15, -0.1) is 11.3 Å². The maximum Gasteiger partial charge on any atom is 0.134 e. The summed E-state index contributed by atoms with van der Waals surface area (Å²) in [4.78, 5) is 5.84. The number of hydrogen-bond donors (Lipinski definition) is 0. The third kappa shape index (κ3) is 3.12. The van der Waals surface area contributed by atoms with Gasteiger partial charge in [-0.2, -0.15) is 5.26 Å². The first-order valence-electron chi connectivity index (χ1n) is 7.19. The highest BCUT2D eigenvalue weighted by Crippen LogP contribution is 2.39. The molecule has 0 spiro atoms. The van der Waals surface area contributed by atoms with Crippen LogP contribution >= 0.6 is 11.3 Å². The highest BCUT2D eigenvalue weighted by Gasteiger charge is 2.19. The van der Waals surface area contributed by atoms with Gasteiger partial charge in [-0.1, -0.05) is 36.4 Å². The second-order valence-electron chi connectivity index (χ2n) is 5.05. The van der Waals surface area contributed by atoms with Gasteiger partial charge < -0.3 is 0 Å². The molecule has 1 aliphatic rings. The van der Waals surface area contributed by atoms with Crippen molar-refractivity contribution in [2.24, 2.45) is 4.99 Å². The minimum Gasteiger partial charge on any atom is -0.245 e. The van der Waals surface area contributed by atoms with E-state index in [0.29, 0.717) is 0 Å². The Morgan fingerprint density at radius 1 is 1.14 bits per heavy atom. The Morgan fingerprint density at radius 2 is 1.95 bits per heavy atom. The predicted molar refractivity (Wildman–Crippen MR) is 89.3 cm³/mol. The van der Waals surface area contributed by atoms with Crippen LogP contribution in [0, 0.1) is 11.3 Å². The molecule has 0 atom stereocenters. The van der Waals surface area contributed by atoms with Crippen LogP contribution in [0.3, 0.4) is 0 Å². The van der Waals surface area contributed by atoms with E-state index in [1.165, 1.54) is 23.3 Å². The fraction of sp³-hybridized carbons (Fsp3) is 0.222. The van der Waals surface area contributed by atoms with Crippen molar-refractivity contribution >= 4 is 28.6 Å². The van der Waals surface area contributed by atoms with E-state index < -0.39 is 0 Å². The lowest BCUT2D eigenvalue weighted by Crippen LogP contribution is -1.99. The van der Waals surface area contributed by atoms with Gasteiger partial charge in [0.2, 0.25) is 0 Å². The van der Waals surface area contributed by atoms with Gasteiger partial charge in [-0.3, -0.25) is 0 Å². The molecule has 0 fully saturated rings. The zero-order valence-corrected chi connectivity index (χ0v) is 12.6. The average molecular weight is 292 g/mol. The summed E-state index contributed by atoms with van der Waals surface area (Å²) < 4.78 is 0. The normalized spacial score (nSPS) is 14.4. The second-order valence-corrected chi connectivity index (χ2v) is 6.13. The van der Waals surface area contributed by atoms with Gasteiger partial charge in [-0.25, -0.2) is 4.99 Å². The van der Waals surface area contributed by atoms with Crippen LogP contribution < -0.4 is 0 Å². The molecule has 2 aromatic rings. The van der Waals surface area contributed by atoms with Crippen molar-refractivity contribution in [2.45, 2.75) is 25.7 Å². The summed E-state index contributed by atoms with van der Waals surface area (Å²) in [7, 11) is 0. The van der Waals surface area contributed by atoms with Crippen LogP contribution in [0.25, 0.3) is 6.08 Å². The van der Waals surface area contributed by atoms with E-state index >= 15 is 0 Å². The molecule has 1 aromatic heterocycles. The number of thiophene rings is 1. The number of fused-ring (bicyclic) bond motifs is 1. The van der Waals surface area contributed by atoms with Crippen LogP contribution in [0.5, 0.6) is 0 Å². The van der Waals surface area contributed by atoms with Gasteiger partial charge >= 0.3 is 0 Å². The molecule has 0 unspecified atom stereocenters. The standard InChI is InChI=1S/C18H16N2S/c19-13-16-15-10-4-5-11-17(15)21-18(16)20-12-6-9-14-7-2-1-3-8-14/h1-3,6-9,12H,4-5,10-11H2/b9-6+,20-12?. The van der Waals surface area contributed by atoms with Crippen molar-refractivity contribution in [3.63, 3.8) is 0 Å². The number of nitriles is 1. The first kappa shape index (κ1) is 13.8. The summed E-state index contributed by atoms with van der Waals surface area (Å²) in [5.74, 6) is 0. The maximum atomic E-state index is 9.36. The van der Waals surface area contributed by atoms with Gasteiger partial charge in [0.05, 0.1) is 5.56 Å². The highest BCUT2D eigenvalue weighted by atomic mass is 32.1. The predicted octanol–water partition coefficient (Wildman–Crippen LogP) is 4.91. The minimum absolute atomic E-state index is 0.791. The first-order valence-corrected chi connectivity index (χ1v) is 8.00. The molecule has 0 saturated heterocycles. The number of aliphatic imine (C=N–C) groups is 1. The lowest BCUT2D eigenvalue weighted by Gasteiger charge is -2.09. The maximum absolute atomic E-state index is 9.36. The van der Waals surface area contributed by atoms with Crippen LogP contribution in [0.4, 0.5) is 5.00 Å². The van der Waals surface area contributed by atoms with Crippen molar-refractivity contribution in [2.75, 3.05) is 0 Å². The molecule has 0 aliphatic heterocycles. The molecule has 2 nitrogen and oxygen atoms in total. The topological polar surface area (TPSA) is 36.1 Å². The number of nitrogens with zero attached hydrogens (tertiary/aromatic N) is 2. The SMILES string of the molecule is N#Cc1c(N=C/C=C/c2ccccc2)sc2c1CCCC2. The number of rotatable bonds is 3. The van der Waals surface area contributed by atoms with Gasteiger partial charge in [0.25, 0.3) is 0 Å². The third-order valence-corrected chi connectivity index (χ3v) is 4.83. The summed E-state index contributed by atoms with van der Waals surface area (Å²) in [6.45, 7) is 0. The van der Waals surface area contributed by atoms with Gasteiger partial charge in [0.1, 0.15) is 11.1 Å². The minimum atomic E-state index is 0.791. The van der Waals surface area contributed by atoms with E-state index in [4.69, 9.17) is 0 Å². The molecule has 1 aliphatic carbocycles. The monoisotopic (exact) mass is 292 g/mol. The Morgan fingerprint density at radius 3 is 2.76 bits per heavy atom. The van der Waals surface area contributed by atoms with Crippen LogP contribution in [0.2, 0.25) is 0 Å². The van der Waals surface area contributed by atoms with Gasteiger partial charge in [0.15, 0.2) is 0 Å². The summed E-state index contributed by atoms with van der Waals surface area (Å²) in [6, 6.07) is 12.5. The molecule has 0 amide bonds. The van der Waals surface area contributed by atoms with Crippen molar-refractivity contribution in [1.82, 2.24) is 0 Å². The quantitative estimate of drug-likeness (QED) is 0.740. The summed E-state index contributed by atoms with van der Waals surface area (Å²) in [5, 5.41) is 10.2. The largest absolute Gasteiger partial charge is 0.245 e. The van der Waals surface area contributed by atoms with Crippen LogP contribution in [0.15, 0.2) is 41.4 Å². The molecule has 1 heterocycles. The molecular weight excluding hydrogens is 276 g/mol. The second kappa shape index (κ2) is 6.51. The first-order chi connectivity index (χ1) is 10.4. The molecular formula is C18H16N2S. The molecule has 0 N–H and O–H groups in total. The molecule has 3 rings (SSSR count). The summed E-state index contributed by atoms with van der Waals surface area (Å²) in [6.07, 6.45) is 10.3. The van der Waals surface area contributed by atoms with Crippen molar-refractivity contribution < 1.29 is 0 Å². The Bertz CT molecular complexity index is 718. The lowest BCUT2D eigenvalue weighted by molar-refractivity contribution is 0.696. The number of aryl methyl sites for hydroxylation is 1.